The van der Waals surface area contributed by atoms with E-state index >= 15 is 0 Å². The molecule has 2 aromatic carbocycles. The molecule has 5 nitrogen and oxygen atoms in total. The van der Waals surface area contributed by atoms with E-state index in [0.29, 0.717) is 5.56 Å². The molecule has 2 rings (SSSR count). The molecule has 0 aliphatic rings. The van der Waals surface area contributed by atoms with Crippen molar-refractivity contribution < 1.29 is 19.8 Å². The van der Waals surface area contributed by atoms with Crippen LogP contribution >= 0.6 is 0 Å². The Morgan fingerprint density at radius 1 is 1.14 bits per heavy atom. The van der Waals surface area contributed by atoms with Crippen LogP contribution in [0.25, 0.3) is 0 Å². The van der Waals surface area contributed by atoms with Crippen molar-refractivity contribution in [1.82, 2.24) is 5.32 Å². The zero-order chi connectivity index (χ0) is 16.1. The van der Waals surface area contributed by atoms with Gasteiger partial charge in [0.05, 0.1) is 0 Å². The average molecular weight is 299 g/mol. The van der Waals surface area contributed by atoms with Gasteiger partial charge in [-0.15, -0.1) is 0 Å². The molecule has 0 fully saturated rings. The normalized spacial score (nSPS) is 11.7. The van der Waals surface area contributed by atoms with Crippen LogP contribution in [0.3, 0.4) is 0 Å². The second-order valence-electron chi connectivity index (χ2n) is 5.05. The number of amides is 1. The summed E-state index contributed by atoms with van der Waals surface area (Å²) in [4.78, 5) is 23.5. The second kappa shape index (κ2) is 6.76. The van der Waals surface area contributed by atoms with Crippen molar-refractivity contribution in [2.75, 3.05) is 0 Å². The number of benzene rings is 2. The van der Waals surface area contributed by atoms with Gasteiger partial charge in [0.25, 0.3) is 5.91 Å². The lowest BCUT2D eigenvalue weighted by atomic mass is 10.0. The molecule has 0 spiro atoms. The number of phenolic OH excluding ortho intramolecular Hbond substituents is 1. The lowest BCUT2D eigenvalue weighted by Gasteiger charge is -2.16. The number of aryl methyl sites for hydroxylation is 1. The SMILES string of the molecule is Cc1cc(O)ccc1C[C@H](NC(=O)c1ccccc1)C(=O)O. The summed E-state index contributed by atoms with van der Waals surface area (Å²) in [5, 5.41) is 21.2. The Morgan fingerprint density at radius 3 is 2.41 bits per heavy atom. The van der Waals surface area contributed by atoms with Gasteiger partial charge in [0.2, 0.25) is 0 Å². The highest BCUT2D eigenvalue weighted by Crippen LogP contribution is 2.17. The smallest absolute Gasteiger partial charge is 0.326 e. The maximum atomic E-state index is 12.1. The molecule has 5 heteroatoms. The fourth-order valence-electron chi connectivity index (χ4n) is 2.16. The van der Waals surface area contributed by atoms with E-state index in [1.807, 2.05) is 0 Å². The molecule has 22 heavy (non-hydrogen) atoms. The van der Waals surface area contributed by atoms with E-state index in [2.05, 4.69) is 5.32 Å². The third-order valence-electron chi connectivity index (χ3n) is 3.39. The van der Waals surface area contributed by atoms with Crippen molar-refractivity contribution in [2.45, 2.75) is 19.4 Å². The van der Waals surface area contributed by atoms with Crippen LogP contribution in [0.5, 0.6) is 5.75 Å². The van der Waals surface area contributed by atoms with Gasteiger partial charge in [0.1, 0.15) is 11.8 Å². The number of phenols is 1. The zero-order valence-electron chi connectivity index (χ0n) is 12.1. The van der Waals surface area contributed by atoms with E-state index in [1.54, 1.807) is 49.4 Å². The summed E-state index contributed by atoms with van der Waals surface area (Å²) in [6.45, 7) is 1.78. The number of carbonyl (C=O) groups excluding carboxylic acids is 1. The molecule has 0 saturated carbocycles. The molecule has 3 N–H and O–H groups in total. The van der Waals surface area contributed by atoms with Crippen molar-refractivity contribution in [3.63, 3.8) is 0 Å². The van der Waals surface area contributed by atoms with Gasteiger partial charge in [0.15, 0.2) is 0 Å². The predicted octanol–water partition coefficient (Wildman–Crippen LogP) is 2.13. The largest absolute Gasteiger partial charge is 0.508 e. The third kappa shape index (κ3) is 3.85. The molecule has 114 valence electrons. The number of nitrogens with one attached hydrogen (secondary N) is 1. The van der Waals surface area contributed by atoms with Gasteiger partial charge in [-0.25, -0.2) is 4.79 Å². The molecular weight excluding hydrogens is 282 g/mol. The zero-order valence-corrected chi connectivity index (χ0v) is 12.1. The molecule has 1 amide bonds. The number of aromatic hydroxyl groups is 1. The lowest BCUT2D eigenvalue weighted by Crippen LogP contribution is -2.42. The average Bonchev–Trinajstić information content (AvgIpc) is 2.49. The predicted molar refractivity (Wildman–Crippen MR) is 81.9 cm³/mol. The maximum Gasteiger partial charge on any atom is 0.326 e. The Labute approximate surface area is 128 Å². The Hall–Kier alpha value is -2.82. The van der Waals surface area contributed by atoms with Gasteiger partial charge in [-0.05, 0) is 42.3 Å². The number of rotatable bonds is 5. The van der Waals surface area contributed by atoms with Gasteiger partial charge in [-0.3, -0.25) is 4.79 Å². The summed E-state index contributed by atoms with van der Waals surface area (Å²) in [5.74, 6) is -1.40. The van der Waals surface area contributed by atoms with E-state index in [-0.39, 0.29) is 12.2 Å². The highest BCUT2D eigenvalue weighted by molar-refractivity contribution is 5.96. The number of hydrogen-bond acceptors (Lipinski definition) is 3. The monoisotopic (exact) mass is 299 g/mol. The van der Waals surface area contributed by atoms with Crippen molar-refractivity contribution in [2.24, 2.45) is 0 Å². The number of carboxylic acids is 1. The first kappa shape index (κ1) is 15.6. The molecule has 0 aromatic heterocycles. The molecule has 2 aromatic rings. The number of hydrogen-bond donors (Lipinski definition) is 3. The molecule has 0 bridgehead atoms. The van der Waals surface area contributed by atoms with Crippen LogP contribution in [0.2, 0.25) is 0 Å². The van der Waals surface area contributed by atoms with Crippen LogP contribution in [0, 0.1) is 6.92 Å². The van der Waals surface area contributed by atoms with Gasteiger partial charge >= 0.3 is 5.97 Å². The molecule has 1 atom stereocenters. The molecule has 0 aliphatic carbocycles. The van der Waals surface area contributed by atoms with E-state index in [9.17, 15) is 19.8 Å². The Bertz CT molecular complexity index is 682. The fourth-order valence-corrected chi connectivity index (χ4v) is 2.16. The number of aliphatic carboxylic acids is 1. The summed E-state index contributed by atoms with van der Waals surface area (Å²) in [6.07, 6.45) is 0.153. The van der Waals surface area contributed by atoms with Crippen LogP contribution in [0.15, 0.2) is 48.5 Å². The molecule has 0 saturated heterocycles. The molecule has 0 heterocycles. The summed E-state index contributed by atoms with van der Waals surface area (Å²) in [6, 6.07) is 12.2. The van der Waals surface area contributed by atoms with Crippen molar-refractivity contribution >= 4 is 11.9 Å². The highest BCUT2D eigenvalue weighted by Gasteiger charge is 2.21. The summed E-state index contributed by atoms with van der Waals surface area (Å²) < 4.78 is 0. The second-order valence-corrected chi connectivity index (χ2v) is 5.05. The van der Waals surface area contributed by atoms with Crippen molar-refractivity contribution in [3.8, 4) is 5.75 Å². The third-order valence-corrected chi connectivity index (χ3v) is 3.39. The van der Waals surface area contributed by atoms with Gasteiger partial charge < -0.3 is 15.5 Å². The first-order valence-corrected chi connectivity index (χ1v) is 6.84. The summed E-state index contributed by atoms with van der Waals surface area (Å²) >= 11 is 0. The number of carbonyl (C=O) groups is 2. The molecule has 0 aliphatic heterocycles. The molecular formula is C17H17NO4. The quantitative estimate of drug-likeness (QED) is 0.789. The first-order chi connectivity index (χ1) is 10.5. The van der Waals surface area contributed by atoms with E-state index < -0.39 is 17.9 Å². The molecule has 0 unspecified atom stereocenters. The summed E-state index contributed by atoms with van der Waals surface area (Å²) in [5.41, 5.74) is 1.95. The minimum absolute atomic E-state index is 0.126. The van der Waals surface area contributed by atoms with Crippen LogP contribution < -0.4 is 5.32 Å². The first-order valence-electron chi connectivity index (χ1n) is 6.84. The highest BCUT2D eigenvalue weighted by atomic mass is 16.4. The van der Waals surface area contributed by atoms with E-state index in [0.717, 1.165) is 11.1 Å². The van der Waals surface area contributed by atoms with Crippen LogP contribution in [0.1, 0.15) is 21.5 Å². The van der Waals surface area contributed by atoms with Crippen molar-refractivity contribution in [1.29, 1.82) is 0 Å². The van der Waals surface area contributed by atoms with Crippen molar-refractivity contribution in [3.05, 3.63) is 65.2 Å². The Morgan fingerprint density at radius 2 is 1.82 bits per heavy atom. The maximum absolute atomic E-state index is 12.1. The Kier molecular flexibility index (Phi) is 4.78. The van der Waals surface area contributed by atoms with Crippen LogP contribution in [-0.4, -0.2) is 28.1 Å². The number of carboxylic acid groups (broad SMARTS) is 1. The standard InChI is InChI=1S/C17H17NO4/c1-11-9-14(19)8-7-13(11)10-15(17(21)22)18-16(20)12-5-3-2-4-6-12/h2-9,15,19H,10H2,1H3,(H,18,20)(H,21,22)/t15-/m0/s1. The lowest BCUT2D eigenvalue weighted by molar-refractivity contribution is -0.139. The van der Waals surface area contributed by atoms with Gasteiger partial charge in [-0.2, -0.15) is 0 Å². The van der Waals surface area contributed by atoms with Crippen LogP contribution in [0.4, 0.5) is 0 Å². The van der Waals surface area contributed by atoms with Gasteiger partial charge in [-0.1, -0.05) is 24.3 Å². The van der Waals surface area contributed by atoms with E-state index in [1.165, 1.54) is 6.07 Å². The van der Waals surface area contributed by atoms with Crippen LogP contribution in [-0.2, 0) is 11.2 Å². The Balaban J connectivity index is 2.14. The molecule has 0 radical (unpaired) electrons. The topological polar surface area (TPSA) is 86.6 Å². The summed E-state index contributed by atoms with van der Waals surface area (Å²) in [7, 11) is 0. The van der Waals surface area contributed by atoms with E-state index in [4.69, 9.17) is 0 Å². The van der Waals surface area contributed by atoms with Gasteiger partial charge in [0, 0.05) is 12.0 Å². The minimum Gasteiger partial charge on any atom is -0.508 e. The fraction of sp³-hybridized carbons (Fsp3) is 0.176. The minimum atomic E-state index is -1.10.